The Hall–Kier alpha value is -1.66. The fourth-order valence-electron chi connectivity index (χ4n) is 1.33. The molecule has 0 saturated carbocycles. The lowest BCUT2D eigenvalue weighted by Crippen LogP contribution is -2.25. The fraction of sp³-hybridized carbons (Fsp3) is 0.182. The quantitative estimate of drug-likeness (QED) is 0.895. The molecule has 94 valence electrons. The second-order valence-corrected chi connectivity index (χ2v) is 4.91. The van der Waals surface area contributed by atoms with Gasteiger partial charge in [-0.15, -0.1) is 11.3 Å². The monoisotopic (exact) mass is 282 g/mol. The lowest BCUT2D eigenvalue weighted by Gasteiger charge is -2.04. The molecule has 2 aromatic rings. The maximum Gasteiger partial charge on any atom is 0.252 e. The number of aromatic nitrogens is 2. The van der Waals surface area contributed by atoms with Gasteiger partial charge in [0.1, 0.15) is 5.82 Å². The lowest BCUT2D eigenvalue weighted by atomic mass is 10.2. The molecule has 5 nitrogen and oxygen atoms in total. The van der Waals surface area contributed by atoms with Gasteiger partial charge in [-0.25, -0.2) is 9.97 Å². The molecule has 0 aliphatic carbocycles. The highest BCUT2D eigenvalue weighted by Gasteiger charge is 2.08. The summed E-state index contributed by atoms with van der Waals surface area (Å²) in [7, 11) is 0. The summed E-state index contributed by atoms with van der Waals surface area (Å²) in [6, 6.07) is 1.50. The molecule has 2 heterocycles. The van der Waals surface area contributed by atoms with E-state index in [0.29, 0.717) is 18.5 Å². The number of nitrogens with zero attached hydrogens (tertiary/aromatic N) is 2. The van der Waals surface area contributed by atoms with E-state index in [1.165, 1.54) is 12.3 Å². The van der Waals surface area contributed by atoms with Gasteiger partial charge in [0.05, 0.1) is 15.6 Å². The molecule has 1 amide bonds. The van der Waals surface area contributed by atoms with Gasteiger partial charge in [-0.05, 0) is 6.07 Å². The Morgan fingerprint density at radius 3 is 3.00 bits per heavy atom. The van der Waals surface area contributed by atoms with E-state index in [9.17, 15) is 4.79 Å². The number of thiazole rings is 1. The number of halogens is 1. The molecule has 0 bridgehead atoms. The molecule has 0 unspecified atom stereocenters. The summed E-state index contributed by atoms with van der Waals surface area (Å²) in [6.45, 7) is 0.522. The van der Waals surface area contributed by atoms with E-state index >= 15 is 0 Å². The number of rotatable bonds is 4. The number of nitrogen functional groups attached to an aromatic ring is 1. The summed E-state index contributed by atoms with van der Waals surface area (Å²) in [5, 5.41) is 5.95. The first-order chi connectivity index (χ1) is 8.66. The zero-order valence-corrected chi connectivity index (χ0v) is 11.0. The summed E-state index contributed by atoms with van der Waals surface area (Å²) in [5.41, 5.74) is 5.87. The van der Waals surface area contributed by atoms with Crippen molar-refractivity contribution in [3.63, 3.8) is 0 Å². The minimum atomic E-state index is -0.221. The van der Waals surface area contributed by atoms with Crippen LogP contribution in [-0.4, -0.2) is 22.4 Å². The summed E-state index contributed by atoms with van der Waals surface area (Å²) < 4.78 is 0. The molecule has 0 aliphatic heterocycles. The number of nitrogens with two attached hydrogens (primary N) is 1. The first-order valence-electron chi connectivity index (χ1n) is 5.24. The molecule has 0 aromatic carbocycles. The molecule has 0 aliphatic rings. The molecular formula is C11H11ClN4OS. The van der Waals surface area contributed by atoms with Crippen LogP contribution in [0.2, 0.25) is 5.02 Å². The van der Waals surface area contributed by atoms with Crippen LogP contribution in [0.1, 0.15) is 15.4 Å². The van der Waals surface area contributed by atoms with Crippen molar-refractivity contribution in [1.29, 1.82) is 0 Å². The highest BCUT2D eigenvalue weighted by molar-refractivity contribution is 7.09. The van der Waals surface area contributed by atoms with Crippen LogP contribution in [0.3, 0.4) is 0 Å². The Balaban J connectivity index is 1.89. The minimum absolute atomic E-state index is 0.219. The third-order valence-electron chi connectivity index (χ3n) is 2.24. The van der Waals surface area contributed by atoms with Crippen LogP contribution in [-0.2, 0) is 6.42 Å². The van der Waals surface area contributed by atoms with Gasteiger partial charge in [-0.1, -0.05) is 11.6 Å². The van der Waals surface area contributed by atoms with Crippen LogP contribution < -0.4 is 11.1 Å². The first-order valence-corrected chi connectivity index (χ1v) is 6.50. The van der Waals surface area contributed by atoms with Crippen LogP contribution in [0.5, 0.6) is 0 Å². The van der Waals surface area contributed by atoms with Gasteiger partial charge in [0.25, 0.3) is 5.91 Å². The molecular weight excluding hydrogens is 272 g/mol. The van der Waals surface area contributed by atoms with E-state index in [-0.39, 0.29) is 16.7 Å². The predicted molar refractivity (Wildman–Crippen MR) is 71.8 cm³/mol. The highest BCUT2D eigenvalue weighted by atomic mass is 35.5. The number of hydrogen-bond donors (Lipinski definition) is 2. The molecule has 0 spiro atoms. The number of hydrogen-bond acceptors (Lipinski definition) is 5. The number of carbonyl (C=O) groups excluding carboxylic acids is 1. The Labute approximate surface area is 113 Å². The van der Waals surface area contributed by atoms with E-state index in [2.05, 4.69) is 15.3 Å². The molecule has 2 aromatic heterocycles. The summed E-state index contributed by atoms with van der Waals surface area (Å²) in [4.78, 5) is 19.7. The molecule has 0 saturated heterocycles. The number of pyridine rings is 1. The fourth-order valence-corrected chi connectivity index (χ4v) is 2.12. The van der Waals surface area contributed by atoms with Crippen molar-refractivity contribution < 1.29 is 4.79 Å². The Morgan fingerprint density at radius 2 is 2.33 bits per heavy atom. The molecule has 7 heteroatoms. The minimum Gasteiger partial charge on any atom is -0.382 e. The van der Waals surface area contributed by atoms with Crippen LogP contribution in [0, 0.1) is 0 Å². The summed E-state index contributed by atoms with van der Waals surface area (Å²) >= 11 is 7.36. The van der Waals surface area contributed by atoms with Crippen LogP contribution in [0.15, 0.2) is 23.8 Å². The molecule has 18 heavy (non-hydrogen) atoms. The molecule has 0 fully saturated rings. The third kappa shape index (κ3) is 3.18. The average Bonchev–Trinajstić information content (AvgIpc) is 2.85. The van der Waals surface area contributed by atoms with Crippen LogP contribution in [0.4, 0.5) is 5.82 Å². The van der Waals surface area contributed by atoms with E-state index in [1.54, 1.807) is 17.5 Å². The van der Waals surface area contributed by atoms with Crippen molar-refractivity contribution in [2.24, 2.45) is 0 Å². The van der Waals surface area contributed by atoms with E-state index in [0.717, 1.165) is 5.01 Å². The van der Waals surface area contributed by atoms with Gasteiger partial charge in [0, 0.05) is 30.7 Å². The standard InChI is InChI=1S/C11H11ClN4OS/c12-8-5-7(6-16-10(8)13)11(17)15-2-1-9-14-3-4-18-9/h3-6H,1-2H2,(H2,13,16)(H,15,17). The lowest BCUT2D eigenvalue weighted by molar-refractivity contribution is 0.0954. The topological polar surface area (TPSA) is 80.9 Å². The SMILES string of the molecule is Nc1ncc(C(=O)NCCc2nccs2)cc1Cl. The molecule has 0 radical (unpaired) electrons. The first kappa shape index (κ1) is 12.8. The van der Waals surface area contributed by atoms with Crippen molar-refractivity contribution in [2.45, 2.75) is 6.42 Å². The number of nitrogens with one attached hydrogen (secondary N) is 1. The smallest absolute Gasteiger partial charge is 0.252 e. The highest BCUT2D eigenvalue weighted by Crippen LogP contribution is 2.16. The van der Waals surface area contributed by atoms with E-state index in [1.807, 2.05) is 5.38 Å². The maximum atomic E-state index is 11.8. The third-order valence-corrected chi connectivity index (χ3v) is 3.38. The van der Waals surface area contributed by atoms with Gasteiger partial charge in [0.2, 0.25) is 0 Å². The van der Waals surface area contributed by atoms with Gasteiger partial charge in [-0.3, -0.25) is 4.79 Å². The van der Waals surface area contributed by atoms with Crippen LogP contribution >= 0.6 is 22.9 Å². The second-order valence-electron chi connectivity index (χ2n) is 3.52. The zero-order valence-electron chi connectivity index (χ0n) is 9.39. The predicted octanol–water partition coefficient (Wildman–Crippen LogP) is 1.75. The van der Waals surface area contributed by atoms with E-state index < -0.39 is 0 Å². The second kappa shape index (κ2) is 5.79. The normalized spacial score (nSPS) is 10.3. The Kier molecular flexibility index (Phi) is 4.11. The Bertz CT molecular complexity index is 544. The van der Waals surface area contributed by atoms with Gasteiger partial charge in [0.15, 0.2) is 0 Å². The Morgan fingerprint density at radius 1 is 1.50 bits per heavy atom. The maximum absolute atomic E-state index is 11.8. The number of amides is 1. The van der Waals surface area contributed by atoms with Gasteiger partial charge < -0.3 is 11.1 Å². The molecule has 2 rings (SSSR count). The molecule has 0 atom stereocenters. The largest absolute Gasteiger partial charge is 0.382 e. The number of anilines is 1. The summed E-state index contributed by atoms with van der Waals surface area (Å²) in [6.07, 6.45) is 3.85. The van der Waals surface area contributed by atoms with Crippen molar-refractivity contribution in [2.75, 3.05) is 12.3 Å². The number of carbonyl (C=O) groups is 1. The molecule has 3 N–H and O–H groups in total. The van der Waals surface area contributed by atoms with Crippen molar-refractivity contribution >= 4 is 34.7 Å². The average molecular weight is 283 g/mol. The van der Waals surface area contributed by atoms with Crippen molar-refractivity contribution in [3.8, 4) is 0 Å². The van der Waals surface area contributed by atoms with Gasteiger partial charge in [-0.2, -0.15) is 0 Å². The zero-order chi connectivity index (χ0) is 13.0. The van der Waals surface area contributed by atoms with E-state index in [4.69, 9.17) is 17.3 Å². The van der Waals surface area contributed by atoms with Crippen molar-refractivity contribution in [3.05, 3.63) is 39.4 Å². The van der Waals surface area contributed by atoms with Crippen LogP contribution in [0.25, 0.3) is 0 Å². The summed E-state index contributed by atoms with van der Waals surface area (Å²) in [5.74, 6) is -0.00282. The van der Waals surface area contributed by atoms with Gasteiger partial charge >= 0.3 is 0 Å². The van der Waals surface area contributed by atoms with Crippen molar-refractivity contribution in [1.82, 2.24) is 15.3 Å².